The van der Waals surface area contributed by atoms with Gasteiger partial charge in [-0.1, -0.05) is 26.0 Å². The highest BCUT2D eigenvalue weighted by atomic mass is 32.2. The Bertz CT molecular complexity index is 1130. The minimum atomic E-state index is -4.14. The van der Waals surface area contributed by atoms with Crippen molar-refractivity contribution in [3.05, 3.63) is 65.7 Å². The van der Waals surface area contributed by atoms with Crippen molar-refractivity contribution in [1.29, 1.82) is 0 Å². The fourth-order valence-corrected chi connectivity index (χ4v) is 4.53. The van der Waals surface area contributed by atoms with Crippen LogP contribution in [0.3, 0.4) is 0 Å². The number of rotatable bonds is 12. The predicted octanol–water partition coefficient (Wildman–Crippen LogP) is 3.30. The van der Waals surface area contributed by atoms with Crippen LogP contribution in [-0.2, 0) is 26.3 Å². The first-order chi connectivity index (χ1) is 16.9. The molecular weight excluding hydrogens is 490 g/mol. The zero-order valence-corrected chi connectivity index (χ0v) is 22.1. The maximum absolute atomic E-state index is 13.7. The SMILES string of the molecule is CC[C@H](C)NC(=O)[C@H](CC)N(Cc1ccc(F)cc1)C(=O)CN(c1ccc(F)cc1)S(=O)(=O)N(C)C. The molecule has 0 aromatic heterocycles. The zero-order chi connectivity index (χ0) is 27.0. The Hall–Kier alpha value is -3.05. The molecule has 0 saturated carbocycles. The Morgan fingerprint density at radius 2 is 1.44 bits per heavy atom. The minimum Gasteiger partial charge on any atom is -0.352 e. The smallest absolute Gasteiger partial charge is 0.304 e. The third kappa shape index (κ3) is 7.47. The average molecular weight is 525 g/mol. The Balaban J connectivity index is 2.48. The monoisotopic (exact) mass is 524 g/mol. The van der Waals surface area contributed by atoms with Crippen LogP contribution in [0, 0.1) is 11.6 Å². The van der Waals surface area contributed by atoms with Crippen molar-refractivity contribution in [2.24, 2.45) is 0 Å². The van der Waals surface area contributed by atoms with Crippen molar-refractivity contribution < 1.29 is 26.8 Å². The number of benzene rings is 2. The summed E-state index contributed by atoms with van der Waals surface area (Å²) in [7, 11) is -1.50. The van der Waals surface area contributed by atoms with Crippen LogP contribution in [0.15, 0.2) is 48.5 Å². The molecule has 2 aromatic carbocycles. The van der Waals surface area contributed by atoms with Gasteiger partial charge in [0.15, 0.2) is 0 Å². The van der Waals surface area contributed by atoms with E-state index in [-0.39, 0.29) is 30.6 Å². The number of nitrogens with zero attached hydrogens (tertiary/aromatic N) is 3. The van der Waals surface area contributed by atoms with E-state index in [1.165, 1.54) is 55.4 Å². The second-order valence-corrected chi connectivity index (χ2v) is 10.7. The van der Waals surface area contributed by atoms with Gasteiger partial charge >= 0.3 is 10.2 Å². The van der Waals surface area contributed by atoms with Crippen molar-refractivity contribution in [2.45, 2.75) is 52.2 Å². The molecule has 2 aromatic rings. The third-order valence-electron chi connectivity index (χ3n) is 5.79. The van der Waals surface area contributed by atoms with Crippen LogP contribution in [0.2, 0.25) is 0 Å². The summed E-state index contributed by atoms with van der Waals surface area (Å²) in [6.45, 7) is 4.85. The van der Waals surface area contributed by atoms with E-state index in [1.54, 1.807) is 6.92 Å². The maximum atomic E-state index is 13.7. The quantitative estimate of drug-likeness (QED) is 0.461. The second-order valence-electron chi connectivity index (χ2n) is 8.66. The van der Waals surface area contributed by atoms with E-state index in [0.29, 0.717) is 12.0 Å². The van der Waals surface area contributed by atoms with E-state index in [1.807, 2.05) is 13.8 Å². The molecule has 36 heavy (non-hydrogen) atoms. The van der Waals surface area contributed by atoms with E-state index >= 15 is 0 Å². The van der Waals surface area contributed by atoms with Crippen molar-refractivity contribution in [3.8, 4) is 0 Å². The molecule has 2 atom stereocenters. The van der Waals surface area contributed by atoms with Crippen LogP contribution < -0.4 is 9.62 Å². The molecule has 0 radical (unpaired) electrons. The van der Waals surface area contributed by atoms with E-state index in [4.69, 9.17) is 0 Å². The average Bonchev–Trinajstić information content (AvgIpc) is 2.83. The number of anilines is 1. The molecule has 0 heterocycles. The molecule has 2 amide bonds. The van der Waals surface area contributed by atoms with E-state index in [0.717, 1.165) is 20.7 Å². The van der Waals surface area contributed by atoms with Gasteiger partial charge in [0.1, 0.15) is 24.2 Å². The van der Waals surface area contributed by atoms with Crippen LogP contribution in [0.25, 0.3) is 0 Å². The Morgan fingerprint density at radius 3 is 1.92 bits per heavy atom. The van der Waals surface area contributed by atoms with Crippen molar-refractivity contribution in [3.63, 3.8) is 0 Å². The highest BCUT2D eigenvalue weighted by Gasteiger charge is 2.34. The number of amides is 2. The fraction of sp³-hybridized carbons (Fsp3) is 0.440. The Kier molecular flexibility index (Phi) is 10.4. The molecule has 0 unspecified atom stereocenters. The molecular formula is C25H34F2N4O4S. The summed E-state index contributed by atoms with van der Waals surface area (Å²) in [5, 5.41) is 2.88. The Morgan fingerprint density at radius 1 is 0.917 bits per heavy atom. The highest BCUT2D eigenvalue weighted by molar-refractivity contribution is 7.90. The number of nitrogens with one attached hydrogen (secondary N) is 1. The summed E-state index contributed by atoms with van der Waals surface area (Å²) in [4.78, 5) is 28.1. The van der Waals surface area contributed by atoms with Gasteiger partial charge in [-0.15, -0.1) is 0 Å². The lowest BCUT2D eigenvalue weighted by molar-refractivity contribution is -0.140. The molecule has 8 nitrogen and oxygen atoms in total. The number of hydrogen-bond donors (Lipinski definition) is 1. The van der Waals surface area contributed by atoms with Crippen LogP contribution in [0.1, 0.15) is 39.2 Å². The summed E-state index contributed by atoms with van der Waals surface area (Å²) < 4.78 is 55.0. The summed E-state index contributed by atoms with van der Waals surface area (Å²) >= 11 is 0. The van der Waals surface area contributed by atoms with Gasteiger partial charge in [0.25, 0.3) is 0 Å². The number of hydrogen-bond acceptors (Lipinski definition) is 4. The normalized spacial score (nSPS) is 13.2. The maximum Gasteiger partial charge on any atom is 0.304 e. The summed E-state index contributed by atoms with van der Waals surface area (Å²) in [6.07, 6.45) is 0.958. The predicted molar refractivity (Wildman–Crippen MR) is 135 cm³/mol. The first-order valence-corrected chi connectivity index (χ1v) is 13.1. The van der Waals surface area contributed by atoms with Crippen molar-refractivity contribution in [1.82, 2.24) is 14.5 Å². The number of carbonyl (C=O) groups excluding carboxylic acids is 2. The van der Waals surface area contributed by atoms with Gasteiger partial charge in [0.2, 0.25) is 11.8 Å². The largest absolute Gasteiger partial charge is 0.352 e. The van der Waals surface area contributed by atoms with Gasteiger partial charge in [0, 0.05) is 26.7 Å². The number of halogens is 2. The zero-order valence-electron chi connectivity index (χ0n) is 21.2. The molecule has 0 aliphatic rings. The standard InChI is InChI=1S/C25H34F2N4O4S/c1-6-18(3)28-25(33)23(7-2)30(16-19-8-10-20(26)11-9-19)24(32)17-31(36(34,35)29(4)5)22-14-12-21(27)13-15-22/h8-15,18,23H,6-7,16-17H2,1-5H3,(H,28,33)/t18-,23-/m0/s1. The molecule has 0 fully saturated rings. The van der Waals surface area contributed by atoms with Crippen molar-refractivity contribution >= 4 is 27.7 Å². The molecule has 0 spiro atoms. The van der Waals surface area contributed by atoms with Gasteiger partial charge in [0.05, 0.1) is 5.69 Å². The lowest BCUT2D eigenvalue weighted by Gasteiger charge is -2.34. The molecule has 0 saturated heterocycles. The van der Waals surface area contributed by atoms with Crippen LogP contribution in [0.5, 0.6) is 0 Å². The Labute approximate surface area is 212 Å². The van der Waals surface area contributed by atoms with Crippen LogP contribution in [0.4, 0.5) is 14.5 Å². The summed E-state index contributed by atoms with van der Waals surface area (Å²) in [6, 6.07) is 9.21. The van der Waals surface area contributed by atoms with Gasteiger partial charge in [-0.2, -0.15) is 12.7 Å². The lowest BCUT2D eigenvalue weighted by atomic mass is 10.1. The first kappa shape index (κ1) is 29.2. The topological polar surface area (TPSA) is 90.0 Å². The molecule has 198 valence electrons. The van der Waals surface area contributed by atoms with E-state index in [2.05, 4.69) is 5.32 Å². The first-order valence-electron chi connectivity index (χ1n) is 11.7. The minimum absolute atomic E-state index is 0.0369. The van der Waals surface area contributed by atoms with Gasteiger partial charge in [-0.25, -0.2) is 13.1 Å². The van der Waals surface area contributed by atoms with E-state index < -0.39 is 40.3 Å². The summed E-state index contributed by atoms with van der Waals surface area (Å²) in [5.41, 5.74) is 0.667. The molecule has 0 bridgehead atoms. The molecule has 1 N–H and O–H groups in total. The van der Waals surface area contributed by atoms with E-state index in [9.17, 15) is 26.8 Å². The van der Waals surface area contributed by atoms with Gasteiger partial charge in [-0.05, 0) is 61.7 Å². The third-order valence-corrected chi connectivity index (χ3v) is 7.61. The fourth-order valence-electron chi connectivity index (χ4n) is 3.47. The summed E-state index contributed by atoms with van der Waals surface area (Å²) in [5.74, 6) is -2.01. The van der Waals surface area contributed by atoms with Crippen LogP contribution >= 0.6 is 0 Å². The van der Waals surface area contributed by atoms with Gasteiger partial charge < -0.3 is 10.2 Å². The molecule has 2 rings (SSSR count). The van der Waals surface area contributed by atoms with Crippen LogP contribution in [-0.4, -0.2) is 62.2 Å². The second kappa shape index (κ2) is 12.8. The molecule has 0 aliphatic heterocycles. The molecule has 11 heteroatoms. The number of carbonyl (C=O) groups is 2. The lowest BCUT2D eigenvalue weighted by Crippen LogP contribution is -2.54. The van der Waals surface area contributed by atoms with Gasteiger partial charge in [-0.3, -0.25) is 9.59 Å². The highest BCUT2D eigenvalue weighted by Crippen LogP contribution is 2.22. The molecule has 0 aliphatic carbocycles. The van der Waals surface area contributed by atoms with Crippen molar-refractivity contribution in [2.75, 3.05) is 24.9 Å².